The Morgan fingerprint density at radius 3 is 2.46 bits per heavy atom. The van der Waals surface area contributed by atoms with Crippen molar-refractivity contribution in [2.75, 3.05) is 59.2 Å². The maximum Gasteiger partial charge on any atom is 0.191 e. The number of hydrogen-bond acceptors (Lipinski definition) is 4. The van der Waals surface area contributed by atoms with Crippen LogP contribution in [0.2, 0.25) is 0 Å². The van der Waals surface area contributed by atoms with Crippen molar-refractivity contribution in [3.63, 3.8) is 0 Å². The molecule has 0 radical (unpaired) electrons. The van der Waals surface area contributed by atoms with Crippen molar-refractivity contribution >= 4 is 5.96 Å². The van der Waals surface area contributed by atoms with Gasteiger partial charge in [-0.15, -0.1) is 0 Å². The molecule has 0 aliphatic carbocycles. The molecule has 0 saturated carbocycles. The van der Waals surface area contributed by atoms with Gasteiger partial charge in [-0.3, -0.25) is 9.89 Å². The van der Waals surface area contributed by atoms with E-state index < -0.39 is 0 Å². The van der Waals surface area contributed by atoms with E-state index in [1.54, 1.807) is 0 Å². The van der Waals surface area contributed by atoms with E-state index in [2.05, 4.69) is 50.2 Å². The minimum Gasteiger partial charge on any atom is -0.379 e. The zero-order valence-electron chi connectivity index (χ0n) is 16.3. The minimum atomic E-state index is 0.460. The van der Waals surface area contributed by atoms with Crippen molar-refractivity contribution in [3.8, 4) is 0 Å². The van der Waals surface area contributed by atoms with E-state index in [9.17, 15) is 0 Å². The number of nitrogens with zero attached hydrogens (tertiary/aromatic N) is 2. The molecular formula is C18H38N4O2. The van der Waals surface area contributed by atoms with E-state index in [1.807, 2.05) is 0 Å². The predicted molar refractivity (Wildman–Crippen MR) is 101 cm³/mol. The number of morpholine rings is 1. The van der Waals surface area contributed by atoms with Crippen LogP contribution in [-0.2, 0) is 9.47 Å². The molecule has 1 unspecified atom stereocenters. The molecule has 1 fully saturated rings. The van der Waals surface area contributed by atoms with Crippen molar-refractivity contribution < 1.29 is 9.47 Å². The molecule has 1 aliphatic rings. The first kappa shape index (κ1) is 21.2. The first-order valence-electron chi connectivity index (χ1n) is 9.46. The fraction of sp³-hybridized carbons (Fsp3) is 0.944. The molecule has 6 nitrogen and oxygen atoms in total. The summed E-state index contributed by atoms with van der Waals surface area (Å²) in [5, 5.41) is 6.68. The van der Waals surface area contributed by atoms with Gasteiger partial charge in [0.15, 0.2) is 5.96 Å². The van der Waals surface area contributed by atoms with Gasteiger partial charge in [0.2, 0.25) is 0 Å². The number of aliphatic imine (C=N–C) groups is 1. The Bertz CT molecular complexity index is 342. The Morgan fingerprint density at radius 1 is 1.17 bits per heavy atom. The summed E-state index contributed by atoms with van der Waals surface area (Å²) in [5.41, 5.74) is 0. The van der Waals surface area contributed by atoms with Gasteiger partial charge in [-0.2, -0.15) is 0 Å². The van der Waals surface area contributed by atoms with Crippen LogP contribution in [0, 0.1) is 11.8 Å². The van der Waals surface area contributed by atoms with E-state index in [0.717, 1.165) is 58.5 Å². The summed E-state index contributed by atoms with van der Waals surface area (Å²) < 4.78 is 11.1. The molecule has 0 aromatic rings. The zero-order chi connectivity index (χ0) is 17.8. The van der Waals surface area contributed by atoms with Crippen LogP contribution in [0.1, 0.15) is 34.6 Å². The molecule has 1 atom stereocenters. The molecule has 0 amide bonds. The number of nitrogens with one attached hydrogen (secondary N) is 2. The lowest BCUT2D eigenvalue weighted by atomic mass is 10.0. The third-order valence-corrected chi connectivity index (χ3v) is 4.05. The maximum absolute atomic E-state index is 5.62. The molecule has 1 heterocycles. The van der Waals surface area contributed by atoms with Crippen LogP contribution in [0.3, 0.4) is 0 Å². The molecule has 1 saturated heterocycles. The van der Waals surface area contributed by atoms with Crippen LogP contribution in [0.15, 0.2) is 4.99 Å². The highest BCUT2D eigenvalue weighted by Gasteiger charge is 2.23. The lowest BCUT2D eigenvalue weighted by molar-refractivity contribution is 0.00867. The van der Waals surface area contributed by atoms with Crippen LogP contribution in [0.4, 0.5) is 0 Å². The molecule has 0 bridgehead atoms. The van der Waals surface area contributed by atoms with Crippen molar-refractivity contribution in [2.45, 2.75) is 40.7 Å². The second-order valence-corrected chi connectivity index (χ2v) is 7.07. The molecule has 6 heteroatoms. The summed E-state index contributed by atoms with van der Waals surface area (Å²) in [5.74, 6) is 2.03. The van der Waals surface area contributed by atoms with E-state index >= 15 is 0 Å². The highest BCUT2D eigenvalue weighted by molar-refractivity contribution is 5.79. The summed E-state index contributed by atoms with van der Waals surface area (Å²) in [4.78, 5) is 7.31. The highest BCUT2D eigenvalue weighted by atomic mass is 16.5. The molecular weight excluding hydrogens is 304 g/mol. The third kappa shape index (κ3) is 8.85. The summed E-state index contributed by atoms with van der Waals surface area (Å²) in [6, 6.07) is 0.460. The molecule has 142 valence electrons. The van der Waals surface area contributed by atoms with Crippen molar-refractivity contribution in [1.82, 2.24) is 15.5 Å². The molecule has 1 rings (SSSR count). The van der Waals surface area contributed by atoms with Crippen LogP contribution in [-0.4, -0.2) is 76.1 Å². The summed E-state index contributed by atoms with van der Waals surface area (Å²) in [6.45, 7) is 18.6. The maximum atomic E-state index is 5.62. The van der Waals surface area contributed by atoms with Crippen LogP contribution in [0.5, 0.6) is 0 Å². The van der Waals surface area contributed by atoms with E-state index in [1.165, 1.54) is 0 Å². The quantitative estimate of drug-likeness (QED) is 0.359. The van der Waals surface area contributed by atoms with Crippen molar-refractivity contribution in [1.29, 1.82) is 0 Å². The Labute approximate surface area is 148 Å². The lowest BCUT2D eigenvalue weighted by Crippen LogP contribution is -2.48. The van der Waals surface area contributed by atoms with Crippen molar-refractivity contribution in [2.24, 2.45) is 16.8 Å². The summed E-state index contributed by atoms with van der Waals surface area (Å²) in [6.07, 6.45) is 0. The van der Waals surface area contributed by atoms with E-state index in [4.69, 9.17) is 14.5 Å². The standard InChI is InChI=1S/C18H38N4O2/c1-6-19-18(20-7-10-24-14-15(2)3)21-13-17(16(4)5)22-8-11-23-12-9-22/h15-17H,6-14H2,1-5H3,(H2,19,20,21). The van der Waals surface area contributed by atoms with E-state index in [0.29, 0.717) is 24.5 Å². The van der Waals surface area contributed by atoms with Gasteiger partial charge in [0.1, 0.15) is 0 Å². The second kappa shape index (κ2) is 12.5. The predicted octanol–water partition coefficient (Wildman–Crippen LogP) is 1.57. The highest BCUT2D eigenvalue weighted by Crippen LogP contribution is 2.13. The first-order chi connectivity index (χ1) is 11.5. The van der Waals surface area contributed by atoms with Crippen molar-refractivity contribution in [3.05, 3.63) is 0 Å². The number of hydrogen-bond donors (Lipinski definition) is 2. The van der Waals surface area contributed by atoms with Gasteiger partial charge >= 0.3 is 0 Å². The normalized spacial score (nSPS) is 18.2. The zero-order valence-corrected chi connectivity index (χ0v) is 16.3. The van der Waals surface area contributed by atoms with Gasteiger partial charge in [0.25, 0.3) is 0 Å². The fourth-order valence-corrected chi connectivity index (χ4v) is 2.74. The van der Waals surface area contributed by atoms with Gasteiger partial charge in [0.05, 0.1) is 26.4 Å². The van der Waals surface area contributed by atoms with Gasteiger partial charge in [-0.25, -0.2) is 0 Å². The number of guanidine groups is 1. The van der Waals surface area contributed by atoms with Gasteiger partial charge in [0, 0.05) is 38.8 Å². The lowest BCUT2D eigenvalue weighted by Gasteiger charge is -2.36. The third-order valence-electron chi connectivity index (χ3n) is 4.05. The summed E-state index contributed by atoms with van der Waals surface area (Å²) >= 11 is 0. The first-order valence-corrected chi connectivity index (χ1v) is 9.46. The SMILES string of the molecule is CCNC(=NCC(C(C)C)N1CCOCC1)NCCOCC(C)C. The van der Waals surface area contributed by atoms with Crippen LogP contribution >= 0.6 is 0 Å². The Kier molecular flexibility index (Phi) is 11.0. The Balaban J connectivity index is 2.45. The molecule has 24 heavy (non-hydrogen) atoms. The summed E-state index contributed by atoms with van der Waals surface area (Å²) in [7, 11) is 0. The molecule has 0 spiro atoms. The van der Waals surface area contributed by atoms with Gasteiger partial charge in [-0.1, -0.05) is 27.7 Å². The van der Waals surface area contributed by atoms with Gasteiger partial charge in [-0.05, 0) is 18.8 Å². The topological polar surface area (TPSA) is 58.1 Å². The Morgan fingerprint density at radius 2 is 1.88 bits per heavy atom. The number of ether oxygens (including phenoxy) is 2. The largest absolute Gasteiger partial charge is 0.379 e. The van der Waals surface area contributed by atoms with Gasteiger partial charge < -0.3 is 20.1 Å². The molecule has 0 aromatic heterocycles. The smallest absolute Gasteiger partial charge is 0.191 e. The second-order valence-electron chi connectivity index (χ2n) is 7.07. The molecule has 1 aliphatic heterocycles. The molecule has 0 aromatic carbocycles. The minimum absolute atomic E-state index is 0.460. The Hall–Kier alpha value is -0.850. The molecule has 2 N–H and O–H groups in total. The average molecular weight is 343 g/mol. The van der Waals surface area contributed by atoms with E-state index in [-0.39, 0.29) is 0 Å². The van der Waals surface area contributed by atoms with Crippen LogP contribution in [0.25, 0.3) is 0 Å². The van der Waals surface area contributed by atoms with Crippen LogP contribution < -0.4 is 10.6 Å². The fourth-order valence-electron chi connectivity index (χ4n) is 2.74. The number of rotatable bonds is 10. The average Bonchev–Trinajstić information content (AvgIpc) is 2.55. The monoisotopic (exact) mass is 342 g/mol.